The summed E-state index contributed by atoms with van der Waals surface area (Å²) in [5.74, 6) is 1.95. The molecule has 0 unspecified atom stereocenters. The number of aromatic nitrogens is 3. The van der Waals surface area contributed by atoms with Crippen molar-refractivity contribution in [1.82, 2.24) is 14.8 Å². The third kappa shape index (κ3) is 4.25. The molecule has 0 amide bonds. The maximum atomic E-state index is 12.8. The second-order valence-corrected chi connectivity index (χ2v) is 8.93. The summed E-state index contributed by atoms with van der Waals surface area (Å²) in [6.07, 6.45) is -0.103. The van der Waals surface area contributed by atoms with Crippen LogP contribution in [0.15, 0.2) is 34.7 Å². The molecule has 1 aromatic carbocycles. The molecule has 1 atom stereocenters. The summed E-state index contributed by atoms with van der Waals surface area (Å²) in [6.45, 7) is 5.11. The molecule has 29 heavy (non-hydrogen) atoms. The predicted molar refractivity (Wildman–Crippen MR) is 115 cm³/mol. The molecule has 3 aromatic rings. The fraction of sp³-hybridized carbons (Fsp3) is 0.350. The summed E-state index contributed by atoms with van der Waals surface area (Å²) in [6, 6.07) is 9.64. The van der Waals surface area contributed by atoms with Crippen LogP contribution in [0.4, 0.5) is 5.13 Å². The lowest BCUT2D eigenvalue weighted by Crippen LogP contribution is -2.33. The lowest BCUT2D eigenvalue weighted by Gasteiger charge is -2.27. The van der Waals surface area contributed by atoms with Crippen LogP contribution in [0.2, 0.25) is 0 Å². The molecule has 0 saturated heterocycles. The molecule has 2 aromatic heterocycles. The van der Waals surface area contributed by atoms with E-state index >= 15 is 0 Å². The van der Waals surface area contributed by atoms with E-state index in [1.807, 2.05) is 44.2 Å². The van der Waals surface area contributed by atoms with E-state index in [1.165, 1.54) is 23.1 Å². The number of carbonyl (C=O) groups excluding carboxylic acids is 1. The van der Waals surface area contributed by atoms with Gasteiger partial charge in [0.15, 0.2) is 27.7 Å². The summed E-state index contributed by atoms with van der Waals surface area (Å²) >= 11 is 2.85. The number of ether oxygens (including phenoxy) is 2. The Morgan fingerprint density at radius 3 is 2.86 bits per heavy atom. The van der Waals surface area contributed by atoms with Crippen molar-refractivity contribution in [1.29, 1.82) is 0 Å². The number of anilines is 1. The summed E-state index contributed by atoms with van der Waals surface area (Å²) in [5, 5.41) is 11.8. The highest BCUT2D eigenvalue weighted by Gasteiger charge is 2.24. The van der Waals surface area contributed by atoms with Crippen LogP contribution in [0.1, 0.15) is 21.7 Å². The number of fused-ring (bicyclic) bond motifs is 1. The van der Waals surface area contributed by atoms with E-state index in [0.29, 0.717) is 18.9 Å². The summed E-state index contributed by atoms with van der Waals surface area (Å²) in [5.41, 5.74) is 2.72. The van der Waals surface area contributed by atoms with Crippen molar-refractivity contribution in [2.45, 2.75) is 30.8 Å². The van der Waals surface area contributed by atoms with Crippen LogP contribution >= 0.6 is 23.1 Å². The van der Waals surface area contributed by atoms with Gasteiger partial charge in [0.2, 0.25) is 5.13 Å². The maximum absolute atomic E-state index is 12.8. The number of benzene rings is 1. The van der Waals surface area contributed by atoms with Gasteiger partial charge in [0, 0.05) is 24.0 Å². The van der Waals surface area contributed by atoms with Crippen LogP contribution in [-0.2, 0) is 6.54 Å². The maximum Gasteiger partial charge on any atom is 0.206 e. The molecule has 7 nitrogen and oxygen atoms in total. The highest BCUT2D eigenvalue weighted by molar-refractivity contribution is 8.01. The van der Waals surface area contributed by atoms with Gasteiger partial charge in [-0.15, -0.1) is 10.2 Å². The summed E-state index contributed by atoms with van der Waals surface area (Å²) in [7, 11) is 1.80. The lowest BCUT2D eigenvalue weighted by atomic mass is 10.2. The number of para-hydroxylation sites is 2. The molecule has 3 heterocycles. The van der Waals surface area contributed by atoms with E-state index in [4.69, 9.17) is 9.47 Å². The Balaban J connectivity index is 1.43. The van der Waals surface area contributed by atoms with Crippen LogP contribution in [0.25, 0.3) is 0 Å². The van der Waals surface area contributed by atoms with E-state index in [1.54, 1.807) is 7.05 Å². The number of aryl methyl sites for hydroxylation is 1. The molecule has 0 aliphatic carbocycles. The van der Waals surface area contributed by atoms with Gasteiger partial charge in [0.1, 0.15) is 6.61 Å². The van der Waals surface area contributed by atoms with Crippen molar-refractivity contribution in [3.05, 3.63) is 47.3 Å². The molecule has 152 valence electrons. The Kier molecular flexibility index (Phi) is 5.77. The van der Waals surface area contributed by atoms with Gasteiger partial charge in [-0.25, -0.2) is 0 Å². The second-order valence-electron chi connectivity index (χ2n) is 6.73. The molecular formula is C20H22N4O3S2. The highest BCUT2D eigenvalue weighted by atomic mass is 32.2. The summed E-state index contributed by atoms with van der Waals surface area (Å²) in [4.78, 5) is 12.8. The lowest BCUT2D eigenvalue weighted by molar-refractivity contribution is 0.0777. The van der Waals surface area contributed by atoms with E-state index in [-0.39, 0.29) is 11.9 Å². The zero-order valence-electron chi connectivity index (χ0n) is 16.5. The number of hydrogen-bond donors (Lipinski definition) is 1. The van der Waals surface area contributed by atoms with E-state index in [9.17, 15) is 4.79 Å². The number of Topliss-reactive ketones (excluding diaryl/α,β-unsaturated/α-hetero) is 1. The first-order valence-corrected chi connectivity index (χ1v) is 11.1. The van der Waals surface area contributed by atoms with Crippen molar-refractivity contribution in [2.75, 3.05) is 24.7 Å². The van der Waals surface area contributed by atoms with Gasteiger partial charge in [-0.3, -0.25) is 4.79 Å². The highest BCUT2D eigenvalue weighted by Crippen LogP contribution is 2.32. The van der Waals surface area contributed by atoms with Gasteiger partial charge in [-0.05, 0) is 32.0 Å². The predicted octanol–water partition coefficient (Wildman–Crippen LogP) is 3.81. The molecule has 1 aliphatic heterocycles. The van der Waals surface area contributed by atoms with E-state index in [0.717, 1.165) is 37.9 Å². The Hall–Kier alpha value is -2.52. The average Bonchev–Trinajstić information content (AvgIpc) is 3.31. The van der Waals surface area contributed by atoms with E-state index in [2.05, 4.69) is 20.1 Å². The van der Waals surface area contributed by atoms with Gasteiger partial charge < -0.3 is 19.4 Å². The molecule has 4 rings (SSSR count). The topological polar surface area (TPSA) is 78.3 Å². The Morgan fingerprint density at radius 2 is 2.10 bits per heavy atom. The fourth-order valence-corrected chi connectivity index (χ4v) is 4.88. The van der Waals surface area contributed by atoms with Crippen molar-refractivity contribution >= 4 is 34.0 Å². The Bertz CT molecular complexity index is 1030. The van der Waals surface area contributed by atoms with Crippen molar-refractivity contribution in [3.63, 3.8) is 0 Å². The Labute approximate surface area is 177 Å². The number of carbonyl (C=O) groups is 1. The van der Waals surface area contributed by atoms with Crippen LogP contribution in [0, 0.1) is 13.8 Å². The zero-order chi connectivity index (χ0) is 20.4. The van der Waals surface area contributed by atoms with Gasteiger partial charge in [-0.2, -0.15) is 0 Å². The number of rotatable bonds is 7. The van der Waals surface area contributed by atoms with Crippen LogP contribution in [0.3, 0.4) is 0 Å². The average molecular weight is 431 g/mol. The van der Waals surface area contributed by atoms with Crippen molar-refractivity contribution < 1.29 is 14.3 Å². The largest absolute Gasteiger partial charge is 0.486 e. The molecule has 1 aliphatic rings. The molecule has 0 spiro atoms. The third-order valence-corrected chi connectivity index (χ3v) is 6.85. The minimum atomic E-state index is -0.103. The normalized spacial score (nSPS) is 15.3. The van der Waals surface area contributed by atoms with E-state index < -0.39 is 0 Å². The fourth-order valence-electron chi connectivity index (χ4n) is 3.30. The van der Waals surface area contributed by atoms with Crippen molar-refractivity contribution in [3.8, 4) is 11.5 Å². The Morgan fingerprint density at radius 1 is 1.31 bits per heavy atom. The SMILES string of the molecule is CNc1nnc(SCC(=O)c2cc(C)n(C[C@@H]3COc4ccccc4O3)c2C)s1. The first kappa shape index (κ1) is 19.8. The van der Waals surface area contributed by atoms with Crippen LogP contribution in [-0.4, -0.2) is 46.1 Å². The standard InChI is InChI=1S/C20H22N4O3S2/c1-12-8-15(16(25)11-28-20-23-22-19(21-3)29-20)13(2)24(12)9-14-10-26-17-6-4-5-7-18(17)27-14/h4-8,14H,9-11H2,1-3H3,(H,21,22)/t14-/m1/s1. The third-order valence-electron chi connectivity index (χ3n) is 4.77. The van der Waals surface area contributed by atoms with Gasteiger partial charge in [0.05, 0.1) is 12.3 Å². The molecule has 9 heteroatoms. The number of hydrogen-bond acceptors (Lipinski definition) is 8. The van der Waals surface area contributed by atoms with Crippen molar-refractivity contribution in [2.24, 2.45) is 0 Å². The monoisotopic (exact) mass is 430 g/mol. The molecule has 0 fully saturated rings. The minimum Gasteiger partial charge on any atom is -0.486 e. The molecule has 1 N–H and O–H groups in total. The number of ketones is 1. The van der Waals surface area contributed by atoms with Gasteiger partial charge in [-0.1, -0.05) is 35.2 Å². The first-order chi connectivity index (χ1) is 14.0. The molecule has 0 bridgehead atoms. The van der Waals surface area contributed by atoms with Gasteiger partial charge >= 0.3 is 0 Å². The molecule has 0 radical (unpaired) electrons. The number of nitrogens with zero attached hydrogens (tertiary/aromatic N) is 3. The number of nitrogens with one attached hydrogen (secondary N) is 1. The number of thioether (sulfide) groups is 1. The van der Waals surface area contributed by atoms with Gasteiger partial charge in [0.25, 0.3) is 0 Å². The first-order valence-electron chi connectivity index (χ1n) is 9.27. The molecular weight excluding hydrogens is 408 g/mol. The molecule has 0 saturated carbocycles. The minimum absolute atomic E-state index is 0.0849. The summed E-state index contributed by atoms with van der Waals surface area (Å²) < 4.78 is 14.8. The quantitative estimate of drug-likeness (QED) is 0.451. The zero-order valence-corrected chi connectivity index (χ0v) is 18.1. The van der Waals surface area contributed by atoms with Crippen LogP contribution < -0.4 is 14.8 Å². The smallest absolute Gasteiger partial charge is 0.206 e. The van der Waals surface area contributed by atoms with Crippen LogP contribution in [0.5, 0.6) is 11.5 Å². The second kappa shape index (κ2) is 8.46.